The van der Waals surface area contributed by atoms with E-state index in [1.165, 1.54) is 11.1 Å². The van der Waals surface area contributed by atoms with Gasteiger partial charge in [-0.2, -0.15) is 5.10 Å². The van der Waals surface area contributed by atoms with Crippen molar-refractivity contribution in [2.24, 2.45) is 10.1 Å². The number of nitrogens with zero attached hydrogens (tertiary/aromatic N) is 4. The summed E-state index contributed by atoms with van der Waals surface area (Å²) in [6.07, 6.45) is 7.37. The van der Waals surface area contributed by atoms with Gasteiger partial charge >= 0.3 is 0 Å². The number of fused-ring (bicyclic) bond motifs is 1. The number of aromatic nitrogens is 3. The second kappa shape index (κ2) is 8.16. The highest BCUT2D eigenvalue weighted by atomic mass is 32.1. The third kappa shape index (κ3) is 3.85. The third-order valence-corrected chi connectivity index (χ3v) is 6.11. The molecule has 0 unspecified atom stereocenters. The lowest BCUT2D eigenvalue weighted by Crippen LogP contribution is -2.11. The Morgan fingerprint density at radius 1 is 1.03 bits per heavy atom. The van der Waals surface area contributed by atoms with E-state index >= 15 is 0 Å². The van der Waals surface area contributed by atoms with Gasteiger partial charge in [-0.15, -0.1) is 11.3 Å². The number of hydrogen-bond acceptors (Lipinski definition) is 4. The van der Waals surface area contributed by atoms with E-state index in [1.807, 2.05) is 41.4 Å². The average Bonchev–Trinajstić information content (AvgIpc) is 3.39. The van der Waals surface area contributed by atoms with Gasteiger partial charge in [0, 0.05) is 39.8 Å². The van der Waals surface area contributed by atoms with Crippen LogP contribution in [0.3, 0.4) is 0 Å². The zero-order valence-electron chi connectivity index (χ0n) is 17.3. The van der Waals surface area contributed by atoms with Crippen molar-refractivity contribution in [1.82, 2.24) is 14.6 Å². The molecule has 0 aliphatic rings. The first-order valence-corrected chi connectivity index (χ1v) is 10.9. The summed E-state index contributed by atoms with van der Waals surface area (Å²) in [6, 6.07) is 18.5. The highest BCUT2D eigenvalue weighted by Gasteiger charge is 2.09. The van der Waals surface area contributed by atoms with Crippen LogP contribution in [-0.4, -0.2) is 20.9 Å². The topological polar surface area (TPSA) is 58.3 Å². The van der Waals surface area contributed by atoms with E-state index in [0.717, 1.165) is 38.2 Å². The molecule has 2 aromatic carbocycles. The lowest BCUT2D eigenvalue weighted by molar-refractivity contribution is 0.854. The minimum absolute atomic E-state index is 0.789. The maximum absolute atomic E-state index is 4.85. The van der Waals surface area contributed by atoms with Crippen LogP contribution in [0.5, 0.6) is 0 Å². The summed E-state index contributed by atoms with van der Waals surface area (Å²) < 4.78 is 1.91. The Bertz CT molecular complexity index is 1450. The molecule has 0 aliphatic carbocycles. The molecule has 3 heterocycles. The van der Waals surface area contributed by atoms with Gasteiger partial charge in [0.05, 0.1) is 23.8 Å². The zero-order chi connectivity index (χ0) is 21.2. The third-order valence-electron chi connectivity index (χ3n) is 5.29. The van der Waals surface area contributed by atoms with Gasteiger partial charge in [0.15, 0.2) is 0 Å². The molecular formula is C25H21N5S. The van der Waals surface area contributed by atoms with Gasteiger partial charge in [-0.3, -0.25) is 4.98 Å². The van der Waals surface area contributed by atoms with Crippen LogP contribution in [0.1, 0.15) is 16.7 Å². The Labute approximate surface area is 184 Å². The molecule has 3 aromatic heterocycles. The van der Waals surface area contributed by atoms with Crippen molar-refractivity contribution in [3.05, 3.63) is 100 Å². The normalized spacial score (nSPS) is 12.3. The summed E-state index contributed by atoms with van der Waals surface area (Å²) >= 11 is 1.56. The van der Waals surface area contributed by atoms with Gasteiger partial charge in [0.1, 0.15) is 0 Å². The summed E-state index contributed by atoms with van der Waals surface area (Å²) in [5, 5.41) is 8.09. The fourth-order valence-corrected chi connectivity index (χ4v) is 4.30. The molecule has 0 fully saturated rings. The minimum Gasteiger partial charge on any atom is -0.361 e. The summed E-state index contributed by atoms with van der Waals surface area (Å²) in [7, 11) is 0. The van der Waals surface area contributed by atoms with Gasteiger partial charge in [0.2, 0.25) is 4.80 Å². The van der Waals surface area contributed by atoms with Crippen LogP contribution >= 0.6 is 11.3 Å². The predicted molar refractivity (Wildman–Crippen MR) is 128 cm³/mol. The molecule has 5 rings (SSSR count). The molecule has 0 amide bonds. The van der Waals surface area contributed by atoms with E-state index in [-0.39, 0.29) is 0 Å². The number of H-pyrrole nitrogens is 1. The molecule has 0 atom stereocenters. The number of nitrogens with one attached hydrogen (secondary N) is 1. The van der Waals surface area contributed by atoms with Crippen LogP contribution in [-0.2, 0) is 0 Å². The number of thiazole rings is 1. The van der Waals surface area contributed by atoms with Crippen LogP contribution in [0.2, 0.25) is 0 Å². The Balaban J connectivity index is 1.66. The van der Waals surface area contributed by atoms with Crippen molar-refractivity contribution in [2.45, 2.75) is 13.8 Å². The van der Waals surface area contributed by atoms with Crippen LogP contribution in [0.4, 0.5) is 5.69 Å². The van der Waals surface area contributed by atoms with E-state index in [4.69, 9.17) is 10.1 Å². The summed E-state index contributed by atoms with van der Waals surface area (Å²) in [5.74, 6) is 0. The van der Waals surface area contributed by atoms with Gasteiger partial charge in [-0.05, 0) is 49.2 Å². The lowest BCUT2D eigenvalue weighted by atomic mass is 10.1. The van der Waals surface area contributed by atoms with Crippen LogP contribution in [0.25, 0.3) is 22.2 Å². The fraction of sp³-hybridized carbons (Fsp3) is 0.0800. The number of hydrogen-bond donors (Lipinski definition) is 1. The maximum Gasteiger partial charge on any atom is 0.211 e. The Morgan fingerprint density at radius 2 is 1.94 bits per heavy atom. The number of rotatable bonds is 4. The molecule has 0 aliphatic heterocycles. The Kier molecular flexibility index (Phi) is 5.06. The summed E-state index contributed by atoms with van der Waals surface area (Å²) in [6.45, 7) is 4.25. The van der Waals surface area contributed by atoms with Crippen LogP contribution in [0, 0.1) is 13.8 Å². The van der Waals surface area contributed by atoms with Gasteiger partial charge in [-0.1, -0.05) is 30.3 Å². The Morgan fingerprint density at radius 3 is 2.77 bits per heavy atom. The first-order chi connectivity index (χ1) is 15.2. The van der Waals surface area contributed by atoms with Gasteiger partial charge in [0.25, 0.3) is 0 Å². The van der Waals surface area contributed by atoms with Crippen molar-refractivity contribution in [3.8, 4) is 11.3 Å². The molecule has 0 radical (unpaired) electrons. The van der Waals surface area contributed by atoms with E-state index in [2.05, 4.69) is 59.5 Å². The first-order valence-electron chi connectivity index (χ1n) is 10.0. The van der Waals surface area contributed by atoms with Crippen molar-refractivity contribution >= 4 is 34.1 Å². The highest BCUT2D eigenvalue weighted by molar-refractivity contribution is 7.07. The monoisotopic (exact) mass is 423 g/mol. The lowest BCUT2D eigenvalue weighted by Gasteiger charge is -2.06. The van der Waals surface area contributed by atoms with Gasteiger partial charge < -0.3 is 4.98 Å². The maximum atomic E-state index is 4.85. The molecule has 6 heteroatoms. The van der Waals surface area contributed by atoms with Crippen molar-refractivity contribution in [3.63, 3.8) is 0 Å². The minimum atomic E-state index is 0.789. The molecule has 0 spiro atoms. The van der Waals surface area contributed by atoms with E-state index in [1.54, 1.807) is 23.7 Å². The zero-order valence-corrected chi connectivity index (χ0v) is 18.1. The van der Waals surface area contributed by atoms with Crippen molar-refractivity contribution in [1.29, 1.82) is 0 Å². The molecule has 0 saturated carbocycles. The molecule has 0 saturated heterocycles. The molecule has 31 heavy (non-hydrogen) atoms. The second-order valence-corrected chi connectivity index (χ2v) is 8.21. The van der Waals surface area contributed by atoms with E-state index in [9.17, 15) is 0 Å². The number of para-hydroxylation sites is 1. The molecule has 5 nitrogen and oxygen atoms in total. The largest absolute Gasteiger partial charge is 0.361 e. The van der Waals surface area contributed by atoms with E-state index < -0.39 is 0 Å². The number of aromatic amines is 1. The predicted octanol–water partition coefficient (Wildman–Crippen LogP) is 5.82. The summed E-state index contributed by atoms with van der Waals surface area (Å²) in [5.41, 5.74) is 7.57. The van der Waals surface area contributed by atoms with Crippen LogP contribution < -0.4 is 4.80 Å². The number of benzene rings is 2. The smallest absolute Gasteiger partial charge is 0.211 e. The van der Waals surface area contributed by atoms with Gasteiger partial charge in [-0.25, -0.2) is 9.67 Å². The fourth-order valence-electron chi connectivity index (χ4n) is 3.44. The van der Waals surface area contributed by atoms with Crippen molar-refractivity contribution < 1.29 is 0 Å². The van der Waals surface area contributed by atoms with E-state index in [0.29, 0.717) is 0 Å². The summed E-state index contributed by atoms with van der Waals surface area (Å²) in [4.78, 5) is 13.1. The standard InChI is InChI=1S/C25H21N5S/c1-17-9-10-19(12-18(17)2)24-16-31-25(29-21-6-5-11-26-15-21)30(24)28-14-20-13-27-23-8-4-3-7-22(20)23/h3-16,27H,1-2H3. The SMILES string of the molecule is Cc1ccc(-c2csc(=Nc3cccnc3)n2N=Cc2c[nH]c3ccccc23)cc1C. The Hall–Kier alpha value is -3.77. The quantitative estimate of drug-likeness (QED) is 0.364. The molecule has 0 bridgehead atoms. The van der Waals surface area contributed by atoms with Crippen molar-refractivity contribution in [2.75, 3.05) is 0 Å². The molecule has 152 valence electrons. The number of pyridine rings is 1. The molecule has 5 aromatic rings. The molecular weight excluding hydrogens is 402 g/mol. The average molecular weight is 424 g/mol. The second-order valence-electron chi connectivity index (χ2n) is 7.37. The molecule has 1 N–H and O–H groups in total. The first kappa shape index (κ1) is 19.2. The highest BCUT2D eigenvalue weighted by Crippen LogP contribution is 2.24. The number of aryl methyl sites for hydroxylation is 2. The van der Waals surface area contributed by atoms with Crippen LogP contribution in [0.15, 0.2) is 88.7 Å².